The molecule has 0 bridgehead atoms. The van der Waals surface area contributed by atoms with Crippen LogP contribution >= 0.6 is 0 Å². The van der Waals surface area contributed by atoms with Crippen molar-refractivity contribution < 1.29 is 24.2 Å². The van der Waals surface area contributed by atoms with Gasteiger partial charge in [-0.05, 0) is 31.9 Å². The van der Waals surface area contributed by atoms with Crippen LogP contribution in [0.25, 0.3) is 0 Å². The summed E-state index contributed by atoms with van der Waals surface area (Å²) in [4.78, 5) is 23.7. The first-order valence-corrected chi connectivity index (χ1v) is 7.67. The lowest BCUT2D eigenvalue weighted by molar-refractivity contribution is -0.152. The Morgan fingerprint density at radius 1 is 1.22 bits per heavy atom. The first-order valence-electron chi connectivity index (χ1n) is 7.67. The SMILES string of the molecule is Cc1cc(C)c(OCC(=O)NC2(C(=O)O)CCOCC2)c(C)c1. The number of aryl methyl sites for hydroxylation is 3. The predicted octanol–water partition coefficient (Wildman–Crippen LogP) is 1.74. The van der Waals surface area contributed by atoms with Gasteiger partial charge < -0.3 is 19.9 Å². The lowest BCUT2D eigenvalue weighted by Gasteiger charge is -2.33. The summed E-state index contributed by atoms with van der Waals surface area (Å²) >= 11 is 0. The number of carbonyl (C=O) groups excluding carboxylic acids is 1. The molecular formula is C17H23NO5. The Bertz CT molecular complexity index is 582. The highest BCUT2D eigenvalue weighted by Crippen LogP contribution is 2.25. The van der Waals surface area contributed by atoms with Crippen LogP contribution in [-0.4, -0.2) is 42.3 Å². The minimum atomic E-state index is -1.25. The number of carboxylic acids is 1. The van der Waals surface area contributed by atoms with E-state index < -0.39 is 17.4 Å². The average Bonchev–Trinajstić information content (AvgIpc) is 2.46. The van der Waals surface area contributed by atoms with Crippen molar-refractivity contribution in [3.63, 3.8) is 0 Å². The van der Waals surface area contributed by atoms with E-state index >= 15 is 0 Å². The zero-order valence-electron chi connectivity index (χ0n) is 13.8. The van der Waals surface area contributed by atoms with Gasteiger partial charge in [0.15, 0.2) is 6.61 Å². The summed E-state index contributed by atoms with van der Waals surface area (Å²) in [5.74, 6) is -0.798. The summed E-state index contributed by atoms with van der Waals surface area (Å²) in [7, 11) is 0. The monoisotopic (exact) mass is 321 g/mol. The average molecular weight is 321 g/mol. The van der Waals surface area contributed by atoms with Gasteiger partial charge >= 0.3 is 5.97 Å². The molecular weight excluding hydrogens is 298 g/mol. The van der Waals surface area contributed by atoms with Crippen molar-refractivity contribution in [3.8, 4) is 5.75 Å². The standard InChI is InChI=1S/C17H23NO5/c1-11-8-12(2)15(13(3)9-11)23-10-14(19)18-17(16(20)21)4-6-22-7-5-17/h8-9H,4-7,10H2,1-3H3,(H,18,19)(H,20,21). The van der Waals surface area contributed by atoms with E-state index in [4.69, 9.17) is 9.47 Å². The molecule has 0 radical (unpaired) electrons. The van der Waals surface area contributed by atoms with Gasteiger partial charge in [0.2, 0.25) is 0 Å². The maximum atomic E-state index is 12.1. The third-order valence-corrected chi connectivity index (χ3v) is 4.09. The number of amides is 1. The normalized spacial score (nSPS) is 16.7. The topological polar surface area (TPSA) is 84.9 Å². The van der Waals surface area contributed by atoms with Crippen molar-refractivity contribution in [3.05, 3.63) is 28.8 Å². The molecule has 1 aliphatic rings. The fourth-order valence-electron chi connectivity index (χ4n) is 2.95. The van der Waals surface area contributed by atoms with E-state index in [1.54, 1.807) is 0 Å². The van der Waals surface area contributed by atoms with Crippen molar-refractivity contribution >= 4 is 11.9 Å². The van der Waals surface area contributed by atoms with Gasteiger partial charge in [0.05, 0.1) is 0 Å². The lowest BCUT2D eigenvalue weighted by atomic mass is 9.90. The van der Waals surface area contributed by atoms with Crippen molar-refractivity contribution in [1.29, 1.82) is 0 Å². The van der Waals surface area contributed by atoms with Crippen LogP contribution in [0.4, 0.5) is 0 Å². The minimum Gasteiger partial charge on any atom is -0.483 e. The zero-order chi connectivity index (χ0) is 17.0. The Labute approximate surface area is 135 Å². The summed E-state index contributed by atoms with van der Waals surface area (Å²) < 4.78 is 10.8. The molecule has 0 aromatic heterocycles. The van der Waals surface area contributed by atoms with Crippen LogP contribution in [0.5, 0.6) is 5.75 Å². The van der Waals surface area contributed by atoms with Crippen molar-refractivity contribution in [2.45, 2.75) is 39.2 Å². The maximum absolute atomic E-state index is 12.1. The fourth-order valence-corrected chi connectivity index (χ4v) is 2.95. The summed E-state index contributed by atoms with van der Waals surface area (Å²) in [6, 6.07) is 3.97. The second-order valence-corrected chi connectivity index (χ2v) is 6.06. The van der Waals surface area contributed by atoms with Crippen LogP contribution < -0.4 is 10.1 Å². The molecule has 0 spiro atoms. The molecule has 0 atom stereocenters. The van der Waals surface area contributed by atoms with E-state index in [9.17, 15) is 14.7 Å². The second-order valence-electron chi connectivity index (χ2n) is 6.06. The number of carboxylic acid groups (broad SMARTS) is 1. The van der Waals surface area contributed by atoms with E-state index in [-0.39, 0.29) is 19.4 Å². The molecule has 6 heteroatoms. The fraction of sp³-hybridized carbons (Fsp3) is 0.529. The molecule has 1 heterocycles. The molecule has 2 N–H and O–H groups in total. The molecule has 2 rings (SSSR count). The third kappa shape index (κ3) is 4.01. The molecule has 1 saturated heterocycles. The van der Waals surface area contributed by atoms with Crippen LogP contribution in [0.1, 0.15) is 29.5 Å². The van der Waals surface area contributed by atoms with Gasteiger partial charge in [-0.25, -0.2) is 4.79 Å². The van der Waals surface area contributed by atoms with Gasteiger partial charge in [-0.1, -0.05) is 17.7 Å². The second kappa shape index (κ2) is 7.00. The van der Waals surface area contributed by atoms with Crippen LogP contribution in [-0.2, 0) is 14.3 Å². The Hall–Kier alpha value is -2.08. The lowest BCUT2D eigenvalue weighted by Crippen LogP contribution is -2.58. The molecule has 0 saturated carbocycles. The molecule has 23 heavy (non-hydrogen) atoms. The highest BCUT2D eigenvalue weighted by Gasteiger charge is 2.41. The van der Waals surface area contributed by atoms with Crippen molar-refractivity contribution in [2.75, 3.05) is 19.8 Å². The summed E-state index contributed by atoms with van der Waals surface area (Å²) in [5, 5.41) is 12.0. The van der Waals surface area contributed by atoms with E-state index in [2.05, 4.69) is 5.32 Å². The highest BCUT2D eigenvalue weighted by atomic mass is 16.5. The first kappa shape index (κ1) is 17.3. The number of hydrogen-bond acceptors (Lipinski definition) is 4. The molecule has 1 aliphatic heterocycles. The number of aliphatic carboxylic acids is 1. The van der Waals surface area contributed by atoms with Gasteiger partial charge in [0, 0.05) is 26.1 Å². The van der Waals surface area contributed by atoms with Crippen LogP contribution in [0.2, 0.25) is 0 Å². The van der Waals surface area contributed by atoms with E-state index in [1.807, 2.05) is 32.9 Å². The van der Waals surface area contributed by atoms with Gasteiger partial charge in [-0.15, -0.1) is 0 Å². The quantitative estimate of drug-likeness (QED) is 0.863. The predicted molar refractivity (Wildman–Crippen MR) is 84.7 cm³/mol. The zero-order valence-corrected chi connectivity index (χ0v) is 13.8. The summed E-state index contributed by atoms with van der Waals surface area (Å²) in [6.07, 6.45) is 0.521. The summed E-state index contributed by atoms with van der Waals surface area (Å²) in [6.45, 7) is 6.28. The van der Waals surface area contributed by atoms with Crippen LogP contribution in [0.3, 0.4) is 0 Å². The Kier molecular flexibility index (Phi) is 5.26. The molecule has 1 aromatic rings. The molecule has 0 aliphatic carbocycles. The Balaban J connectivity index is 2.01. The largest absolute Gasteiger partial charge is 0.483 e. The Morgan fingerprint density at radius 3 is 2.30 bits per heavy atom. The van der Waals surface area contributed by atoms with Crippen molar-refractivity contribution in [1.82, 2.24) is 5.32 Å². The molecule has 126 valence electrons. The van der Waals surface area contributed by atoms with Gasteiger partial charge in [0.25, 0.3) is 5.91 Å². The number of hydrogen-bond donors (Lipinski definition) is 2. The number of benzene rings is 1. The number of rotatable bonds is 5. The smallest absolute Gasteiger partial charge is 0.329 e. The number of carbonyl (C=O) groups is 2. The molecule has 1 aromatic carbocycles. The van der Waals surface area contributed by atoms with Crippen LogP contribution in [0, 0.1) is 20.8 Å². The first-order chi connectivity index (χ1) is 10.8. The van der Waals surface area contributed by atoms with E-state index in [0.717, 1.165) is 16.7 Å². The van der Waals surface area contributed by atoms with Gasteiger partial charge in [0.1, 0.15) is 11.3 Å². The summed E-state index contributed by atoms with van der Waals surface area (Å²) in [5.41, 5.74) is 1.78. The number of nitrogens with one attached hydrogen (secondary N) is 1. The minimum absolute atomic E-state index is 0.208. The maximum Gasteiger partial charge on any atom is 0.329 e. The Morgan fingerprint density at radius 2 is 1.78 bits per heavy atom. The van der Waals surface area contributed by atoms with E-state index in [1.165, 1.54) is 0 Å². The third-order valence-electron chi connectivity index (χ3n) is 4.09. The van der Waals surface area contributed by atoms with Gasteiger partial charge in [-0.3, -0.25) is 4.79 Å². The molecule has 6 nitrogen and oxygen atoms in total. The molecule has 1 fully saturated rings. The highest BCUT2D eigenvalue weighted by molar-refractivity contribution is 5.87. The van der Waals surface area contributed by atoms with Gasteiger partial charge in [-0.2, -0.15) is 0 Å². The van der Waals surface area contributed by atoms with Crippen LogP contribution in [0.15, 0.2) is 12.1 Å². The molecule has 1 amide bonds. The molecule has 0 unspecified atom stereocenters. The van der Waals surface area contributed by atoms with E-state index in [0.29, 0.717) is 19.0 Å². The number of ether oxygens (including phenoxy) is 2. The van der Waals surface area contributed by atoms with Crippen molar-refractivity contribution in [2.24, 2.45) is 0 Å².